The van der Waals surface area contributed by atoms with Gasteiger partial charge in [-0.3, -0.25) is 15.0 Å². The number of nitro benzene ring substituents is 1. The molecule has 0 radical (unpaired) electrons. The number of rotatable bonds is 7. The molecule has 0 amide bonds. The molecule has 1 fully saturated rings. The van der Waals surface area contributed by atoms with Crippen LogP contribution in [0.2, 0.25) is 0 Å². The smallest absolute Gasteiger partial charge is 0.292 e. The normalized spacial score (nSPS) is 15.3. The average Bonchev–Trinajstić information content (AvgIpc) is 2.69. The summed E-state index contributed by atoms with van der Waals surface area (Å²) in [6.07, 6.45) is 1.89. The number of ether oxygens (including phenoxy) is 2. The molecule has 7 nitrogen and oxygen atoms in total. The minimum absolute atomic E-state index is 0.130. The number of likely N-dealkylation sites (tertiary alicyclic amines) is 1. The highest BCUT2D eigenvalue weighted by Crippen LogP contribution is 2.29. The third-order valence-corrected chi connectivity index (χ3v) is 4.90. The molecule has 7 heteroatoms. The van der Waals surface area contributed by atoms with Crippen LogP contribution in [0.1, 0.15) is 18.4 Å². The molecule has 1 aliphatic rings. The second kappa shape index (κ2) is 8.73. The topological polar surface area (TPSA) is 76.9 Å². The third-order valence-electron chi connectivity index (χ3n) is 4.90. The van der Waals surface area contributed by atoms with Gasteiger partial charge in [-0.1, -0.05) is 18.2 Å². The summed E-state index contributed by atoms with van der Waals surface area (Å²) < 4.78 is 10.7. The van der Waals surface area contributed by atoms with Crippen molar-refractivity contribution in [2.75, 3.05) is 32.6 Å². The average molecular weight is 371 g/mol. The molecule has 1 heterocycles. The Kier molecular flexibility index (Phi) is 6.13. The molecular formula is C20H25N3O4. The fraction of sp³-hybridized carbons (Fsp3) is 0.400. The molecule has 3 rings (SSSR count). The largest absolute Gasteiger partial charge is 0.493 e. The minimum atomic E-state index is -0.339. The van der Waals surface area contributed by atoms with Crippen molar-refractivity contribution < 1.29 is 14.4 Å². The van der Waals surface area contributed by atoms with Gasteiger partial charge in [-0.2, -0.15) is 0 Å². The fourth-order valence-electron chi connectivity index (χ4n) is 3.45. The standard InChI is InChI=1S/C20H25N3O4/c1-26-19-8-7-15(13-20(19)27-2)14-22-11-9-16(10-12-22)21-17-5-3-4-6-18(17)23(24)25/h3-8,13,16,21H,9-12,14H2,1-2H3. The fourth-order valence-corrected chi connectivity index (χ4v) is 3.45. The Balaban J connectivity index is 1.56. The van der Waals surface area contributed by atoms with Crippen LogP contribution in [-0.2, 0) is 6.54 Å². The lowest BCUT2D eigenvalue weighted by Gasteiger charge is -2.32. The highest BCUT2D eigenvalue weighted by Gasteiger charge is 2.22. The van der Waals surface area contributed by atoms with Gasteiger partial charge in [-0.05, 0) is 36.6 Å². The highest BCUT2D eigenvalue weighted by atomic mass is 16.6. The van der Waals surface area contributed by atoms with Gasteiger partial charge in [0.2, 0.25) is 0 Å². The molecule has 1 aliphatic heterocycles. The van der Waals surface area contributed by atoms with Gasteiger partial charge in [0.05, 0.1) is 19.1 Å². The van der Waals surface area contributed by atoms with E-state index in [2.05, 4.69) is 16.3 Å². The van der Waals surface area contributed by atoms with Crippen LogP contribution in [0.4, 0.5) is 11.4 Å². The van der Waals surface area contributed by atoms with Crippen molar-refractivity contribution in [3.8, 4) is 11.5 Å². The molecule has 2 aromatic carbocycles. The molecule has 1 saturated heterocycles. The zero-order valence-corrected chi connectivity index (χ0v) is 15.7. The van der Waals surface area contributed by atoms with Crippen LogP contribution in [0.25, 0.3) is 0 Å². The molecule has 0 aliphatic carbocycles. The van der Waals surface area contributed by atoms with Gasteiger partial charge in [0.15, 0.2) is 11.5 Å². The first kappa shape index (κ1) is 19.0. The number of hydrogen-bond donors (Lipinski definition) is 1. The van der Waals surface area contributed by atoms with E-state index in [1.165, 1.54) is 11.6 Å². The van der Waals surface area contributed by atoms with Crippen molar-refractivity contribution in [3.05, 3.63) is 58.1 Å². The first-order chi connectivity index (χ1) is 13.1. The minimum Gasteiger partial charge on any atom is -0.493 e. The predicted octanol–water partition coefficient (Wildman–Crippen LogP) is 3.69. The van der Waals surface area contributed by atoms with E-state index in [9.17, 15) is 10.1 Å². The van der Waals surface area contributed by atoms with Gasteiger partial charge >= 0.3 is 0 Å². The lowest BCUT2D eigenvalue weighted by atomic mass is 10.0. The highest BCUT2D eigenvalue weighted by molar-refractivity contribution is 5.61. The Morgan fingerprint density at radius 3 is 2.48 bits per heavy atom. The first-order valence-corrected chi connectivity index (χ1v) is 9.04. The molecule has 2 aromatic rings. The van der Waals surface area contributed by atoms with Crippen LogP contribution in [0.5, 0.6) is 11.5 Å². The number of piperidine rings is 1. The van der Waals surface area contributed by atoms with Crippen LogP contribution < -0.4 is 14.8 Å². The van der Waals surface area contributed by atoms with Crippen molar-refractivity contribution >= 4 is 11.4 Å². The molecule has 0 spiro atoms. The molecule has 144 valence electrons. The maximum Gasteiger partial charge on any atom is 0.292 e. The third kappa shape index (κ3) is 4.68. The number of benzene rings is 2. The maximum absolute atomic E-state index is 11.2. The van der Waals surface area contributed by atoms with E-state index >= 15 is 0 Å². The summed E-state index contributed by atoms with van der Waals surface area (Å²) in [5, 5.41) is 14.5. The monoisotopic (exact) mass is 371 g/mol. The summed E-state index contributed by atoms with van der Waals surface area (Å²) in [7, 11) is 3.27. The Morgan fingerprint density at radius 1 is 1.11 bits per heavy atom. The van der Waals surface area contributed by atoms with Gasteiger partial charge in [0.25, 0.3) is 5.69 Å². The quantitative estimate of drug-likeness (QED) is 0.591. The first-order valence-electron chi connectivity index (χ1n) is 9.04. The van der Waals surface area contributed by atoms with Gasteiger partial charge in [-0.25, -0.2) is 0 Å². The Hall–Kier alpha value is -2.80. The SMILES string of the molecule is COc1ccc(CN2CCC(Nc3ccccc3[N+](=O)[O-])CC2)cc1OC. The van der Waals surface area contributed by atoms with E-state index in [1.807, 2.05) is 18.2 Å². The van der Waals surface area contributed by atoms with Crippen molar-refractivity contribution in [1.82, 2.24) is 4.90 Å². The Labute approximate surface area is 159 Å². The molecule has 0 atom stereocenters. The molecule has 0 unspecified atom stereocenters. The van der Waals surface area contributed by atoms with Gasteiger partial charge in [0, 0.05) is 31.7 Å². The second-order valence-electron chi connectivity index (χ2n) is 6.66. The molecule has 0 aromatic heterocycles. The maximum atomic E-state index is 11.2. The van der Waals surface area contributed by atoms with Crippen LogP contribution in [0.3, 0.4) is 0 Å². The van der Waals surface area contributed by atoms with E-state index in [0.717, 1.165) is 44.0 Å². The summed E-state index contributed by atoms with van der Waals surface area (Å²) >= 11 is 0. The molecule has 27 heavy (non-hydrogen) atoms. The van der Waals surface area contributed by atoms with E-state index in [-0.39, 0.29) is 16.7 Å². The van der Waals surface area contributed by atoms with Gasteiger partial charge in [0.1, 0.15) is 5.69 Å². The van der Waals surface area contributed by atoms with Crippen LogP contribution in [-0.4, -0.2) is 43.2 Å². The number of methoxy groups -OCH3 is 2. The molecular weight excluding hydrogens is 346 g/mol. The summed E-state index contributed by atoms with van der Waals surface area (Å²) in [5.74, 6) is 1.47. The number of nitrogens with one attached hydrogen (secondary N) is 1. The summed E-state index contributed by atoms with van der Waals surface area (Å²) in [6, 6.07) is 13.1. The lowest BCUT2D eigenvalue weighted by molar-refractivity contribution is -0.384. The van der Waals surface area contributed by atoms with Gasteiger partial charge in [-0.15, -0.1) is 0 Å². The van der Waals surface area contributed by atoms with Crippen molar-refractivity contribution in [1.29, 1.82) is 0 Å². The van der Waals surface area contributed by atoms with Crippen molar-refractivity contribution in [3.63, 3.8) is 0 Å². The predicted molar refractivity (Wildman–Crippen MR) is 105 cm³/mol. The molecule has 0 saturated carbocycles. The van der Waals surface area contributed by atoms with Crippen molar-refractivity contribution in [2.24, 2.45) is 0 Å². The number of hydrogen-bond acceptors (Lipinski definition) is 6. The number of para-hydroxylation sites is 2. The van der Waals surface area contributed by atoms with E-state index in [0.29, 0.717) is 5.69 Å². The van der Waals surface area contributed by atoms with Crippen molar-refractivity contribution in [2.45, 2.75) is 25.4 Å². The van der Waals surface area contributed by atoms with Crippen LogP contribution >= 0.6 is 0 Å². The summed E-state index contributed by atoms with van der Waals surface area (Å²) in [5.41, 5.74) is 1.91. The number of nitrogens with zero attached hydrogens (tertiary/aromatic N) is 2. The van der Waals surface area contributed by atoms with E-state index < -0.39 is 0 Å². The number of anilines is 1. The summed E-state index contributed by atoms with van der Waals surface area (Å²) in [6.45, 7) is 2.72. The summed E-state index contributed by atoms with van der Waals surface area (Å²) in [4.78, 5) is 13.2. The van der Waals surface area contributed by atoms with Crippen LogP contribution in [0.15, 0.2) is 42.5 Å². The van der Waals surface area contributed by atoms with E-state index in [1.54, 1.807) is 26.4 Å². The van der Waals surface area contributed by atoms with Gasteiger partial charge < -0.3 is 14.8 Å². The lowest BCUT2D eigenvalue weighted by Crippen LogP contribution is -2.38. The molecule has 1 N–H and O–H groups in total. The van der Waals surface area contributed by atoms with E-state index in [4.69, 9.17) is 9.47 Å². The Bertz CT molecular complexity index is 789. The Morgan fingerprint density at radius 2 is 1.81 bits per heavy atom. The van der Waals surface area contributed by atoms with Crippen LogP contribution in [0, 0.1) is 10.1 Å². The number of nitro groups is 1. The molecule has 0 bridgehead atoms. The second-order valence-corrected chi connectivity index (χ2v) is 6.66. The zero-order chi connectivity index (χ0) is 19.2. The zero-order valence-electron chi connectivity index (χ0n) is 15.7.